The number of carbonyl (C=O) groups excluding carboxylic acids is 1. The monoisotopic (exact) mass is 463 g/mol. The van der Waals surface area contributed by atoms with Crippen LogP contribution in [0.1, 0.15) is 30.1 Å². The van der Waals surface area contributed by atoms with E-state index in [9.17, 15) is 17.6 Å². The highest BCUT2D eigenvalue weighted by Gasteiger charge is 2.35. The number of halogens is 1. The van der Waals surface area contributed by atoms with Gasteiger partial charge < -0.3 is 9.84 Å². The summed E-state index contributed by atoms with van der Waals surface area (Å²) in [5, 5.41) is 17.5. The minimum atomic E-state index is -3.77. The van der Waals surface area contributed by atoms with E-state index in [2.05, 4.69) is 26.0 Å². The third kappa shape index (κ3) is 4.00. The minimum absolute atomic E-state index is 0.00757. The molecule has 0 radical (unpaired) electrons. The molecule has 3 aromatic rings. The van der Waals surface area contributed by atoms with Gasteiger partial charge in [-0.05, 0) is 62.2 Å². The number of hydrogen-bond donors (Lipinski definition) is 1. The summed E-state index contributed by atoms with van der Waals surface area (Å²) in [5.41, 5.74) is 0.813. The standard InChI is InChI=1S/C19H22FN7O4S/c1-11-18(12(2)31-23-11)32(29,30)26-8-6-14(7-9-26)19(28)21-17-10-15(4-5-16(17)20)27-13(3)22-24-25-27/h4-5,10,14H,6-9H2,1-3H3,(H,21,28). The van der Waals surface area contributed by atoms with E-state index in [-0.39, 0.29) is 35.3 Å². The van der Waals surface area contributed by atoms with Crippen molar-refractivity contribution in [1.29, 1.82) is 0 Å². The van der Waals surface area contributed by atoms with E-state index in [0.29, 0.717) is 30.0 Å². The Morgan fingerprint density at radius 1 is 1.22 bits per heavy atom. The maximum Gasteiger partial charge on any atom is 0.248 e. The quantitative estimate of drug-likeness (QED) is 0.604. The van der Waals surface area contributed by atoms with Crippen LogP contribution >= 0.6 is 0 Å². The lowest BCUT2D eigenvalue weighted by atomic mass is 9.97. The Kier molecular flexibility index (Phi) is 5.77. The summed E-state index contributed by atoms with van der Waals surface area (Å²) in [5.74, 6) is -0.671. The molecule has 1 aliphatic rings. The molecule has 1 saturated heterocycles. The molecule has 0 bridgehead atoms. The third-order valence-corrected chi connectivity index (χ3v) is 7.61. The average Bonchev–Trinajstić information content (AvgIpc) is 3.34. The molecule has 170 valence electrons. The molecule has 0 spiro atoms. The highest BCUT2D eigenvalue weighted by atomic mass is 32.2. The molecule has 0 aliphatic carbocycles. The SMILES string of the molecule is Cc1noc(C)c1S(=O)(=O)N1CCC(C(=O)Nc2cc(-n3nnnc3C)ccc2F)CC1. The first-order valence-electron chi connectivity index (χ1n) is 9.97. The zero-order chi connectivity index (χ0) is 23.0. The highest BCUT2D eigenvalue weighted by molar-refractivity contribution is 7.89. The molecular formula is C19H22FN7O4S. The largest absolute Gasteiger partial charge is 0.360 e. The van der Waals surface area contributed by atoms with Crippen molar-refractivity contribution in [2.24, 2.45) is 5.92 Å². The van der Waals surface area contributed by atoms with Gasteiger partial charge in [0, 0.05) is 19.0 Å². The normalized spacial score (nSPS) is 15.8. The van der Waals surface area contributed by atoms with Crippen LogP contribution in [-0.4, -0.2) is 57.1 Å². The summed E-state index contributed by atoms with van der Waals surface area (Å²) >= 11 is 0. The summed E-state index contributed by atoms with van der Waals surface area (Å²) in [6.07, 6.45) is 0.615. The van der Waals surface area contributed by atoms with Gasteiger partial charge in [-0.2, -0.15) is 8.99 Å². The number of nitrogens with zero attached hydrogens (tertiary/aromatic N) is 6. The molecule has 1 aromatic carbocycles. The third-order valence-electron chi connectivity index (χ3n) is 5.47. The first-order chi connectivity index (χ1) is 15.2. The number of hydrogen-bond acceptors (Lipinski definition) is 8. The summed E-state index contributed by atoms with van der Waals surface area (Å²) in [7, 11) is -3.77. The van der Waals surface area contributed by atoms with Crippen molar-refractivity contribution in [3.05, 3.63) is 41.3 Å². The fraction of sp³-hybridized carbons (Fsp3) is 0.421. The van der Waals surface area contributed by atoms with Crippen LogP contribution in [0.3, 0.4) is 0 Å². The minimum Gasteiger partial charge on any atom is -0.360 e. The van der Waals surface area contributed by atoms with E-state index in [4.69, 9.17) is 4.52 Å². The van der Waals surface area contributed by atoms with Crippen LogP contribution < -0.4 is 5.32 Å². The Labute approximate surface area is 183 Å². The lowest BCUT2D eigenvalue weighted by Gasteiger charge is -2.30. The van der Waals surface area contributed by atoms with Crippen LogP contribution in [0.2, 0.25) is 0 Å². The number of aromatic nitrogens is 5. The summed E-state index contributed by atoms with van der Waals surface area (Å²) in [4.78, 5) is 12.8. The van der Waals surface area contributed by atoms with Crippen molar-refractivity contribution >= 4 is 21.6 Å². The number of tetrazole rings is 1. The molecule has 1 fully saturated rings. The Morgan fingerprint density at radius 3 is 2.53 bits per heavy atom. The van der Waals surface area contributed by atoms with Gasteiger partial charge in [-0.3, -0.25) is 4.79 Å². The van der Waals surface area contributed by atoms with Gasteiger partial charge >= 0.3 is 0 Å². The Morgan fingerprint density at radius 2 is 1.94 bits per heavy atom. The second kappa shape index (κ2) is 8.39. The van der Waals surface area contributed by atoms with E-state index in [1.807, 2.05) is 0 Å². The maximum absolute atomic E-state index is 14.3. The molecule has 13 heteroatoms. The molecule has 1 amide bonds. The van der Waals surface area contributed by atoms with Gasteiger partial charge in [0.1, 0.15) is 16.4 Å². The molecule has 4 rings (SSSR count). The molecule has 32 heavy (non-hydrogen) atoms. The molecule has 0 unspecified atom stereocenters. The summed E-state index contributed by atoms with van der Waals surface area (Å²) < 4.78 is 47.9. The Hall–Kier alpha value is -3.19. The molecule has 3 heterocycles. The zero-order valence-electron chi connectivity index (χ0n) is 17.7. The van der Waals surface area contributed by atoms with Gasteiger partial charge in [0.2, 0.25) is 15.9 Å². The Balaban J connectivity index is 1.44. The van der Waals surface area contributed by atoms with Gasteiger partial charge in [0.05, 0.1) is 11.4 Å². The molecule has 1 aliphatic heterocycles. The molecule has 0 saturated carbocycles. The number of carbonyl (C=O) groups is 1. The van der Waals surface area contributed by atoms with Crippen molar-refractivity contribution in [3.63, 3.8) is 0 Å². The van der Waals surface area contributed by atoms with Crippen molar-refractivity contribution < 1.29 is 22.1 Å². The van der Waals surface area contributed by atoms with E-state index in [1.54, 1.807) is 20.8 Å². The van der Waals surface area contributed by atoms with Crippen LogP contribution in [0.25, 0.3) is 5.69 Å². The van der Waals surface area contributed by atoms with Gasteiger partial charge in [0.25, 0.3) is 0 Å². The number of aryl methyl sites for hydroxylation is 3. The number of amides is 1. The van der Waals surface area contributed by atoms with Crippen LogP contribution in [0.5, 0.6) is 0 Å². The van der Waals surface area contributed by atoms with Gasteiger partial charge in [-0.15, -0.1) is 5.10 Å². The predicted molar refractivity (Wildman–Crippen MR) is 110 cm³/mol. The first-order valence-corrected chi connectivity index (χ1v) is 11.4. The lowest BCUT2D eigenvalue weighted by Crippen LogP contribution is -2.41. The van der Waals surface area contributed by atoms with Crippen LogP contribution in [0.15, 0.2) is 27.6 Å². The van der Waals surface area contributed by atoms with Crippen LogP contribution in [0, 0.1) is 32.5 Å². The first kappa shape index (κ1) is 22.0. The zero-order valence-corrected chi connectivity index (χ0v) is 18.6. The number of nitrogens with one attached hydrogen (secondary N) is 1. The van der Waals surface area contributed by atoms with Crippen molar-refractivity contribution in [1.82, 2.24) is 29.7 Å². The van der Waals surface area contributed by atoms with Gasteiger partial charge in [-0.25, -0.2) is 12.8 Å². The maximum atomic E-state index is 14.3. The smallest absolute Gasteiger partial charge is 0.248 e. The molecule has 1 N–H and O–H groups in total. The van der Waals surface area contributed by atoms with Crippen molar-refractivity contribution in [3.8, 4) is 5.69 Å². The number of anilines is 1. The molecule has 11 nitrogen and oxygen atoms in total. The average molecular weight is 463 g/mol. The molecular weight excluding hydrogens is 441 g/mol. The van der Waals surface area contributed by atoms with Crippen molar-refractivity contribution in [2.75, 3.05) is 18.4 Å². The van der Waals surface area contributed by atoms with Gasteiger partial charge in [-0.1, -0.05) is 5.16 Å². The van der Waals surface area contributed by atoms with E-state index < -0.39 is 21.8 Å². The predicted octanol–water partition coefficient (Wildman–Crippen LogP) is 1.75. The molecule has 2 aromatic heterocycles. The number of piperidine rings is 1. The fourth-order valence-electron chi connectivity index (χ4n) is 3.78. The van der Waals surface area contributed by atoms with E-state index in [1.165, 1.54) is 27.2 Å². The van der Waals surface area contributed by atoms with Crippen LogP contribution in [-0.2, 0) is 14.8 Å². The second-order valence-corrected chi connectivity index (χ2v) is 9.50. The summed E-state index contributed by atoms with van der Waals surface area (Å²) in [6, 6.07) is 4.19. The van der Waals surface area contributed by atoms with E-state index in [0.717, 1.165) is 0 Å². The highest BCUT2D eigenvalue weighted by Crippen LogP contribution is 2.28. The Bertz CT molecular complexity index is 1240. The fourth-order valence-corrected chi connectivity index (χ4v) is 5.54. The van der Waals surface area contributed by atoms with Gasteiger partial charge in [0.15, 0.2) is 11.6 Å². The number of benzene rings is 1. The number of rotatable bonds is 5. The second-order valence-electron chi connectivity index (χ2n) is 7.62. The van der Waals surface area contributed by atoms with Crippen molar-refractivity contribution in [2.45, 2.75) is 38.5 Å². The lowest BCUT2D eigenvalue weighted by molar-refractivity contribution is -0.120. The summed E-state index contributed by atoms with van der Waals surface area (Å²) in [6.45, 7) is 5.15. The molecule has 0 atom stereocenters. The topological polar surface area (TPSA) is 136 Å². The van der Waals surface area contributed by atoms with Crippen LogP contribution in [0.4, 0.5) is 10.1 Å². The van der Waals surface area contributed by atoms with E-state index >= 15 is 0 Å². The number of sulfonamides is 1.